The molecule has 7 heteroatoms. The van der Waals surface area contributed by atoms with Gasteiger partial charge in [-0.25, -0.2) is 0 Å². The fourth-order valence-electron chi connectivity index (χ4n) is 4.81. The summed E-state index contributed by atoms with van der Waals surface area (Å²) in [5.74, 6) is -1.45. The van der Waals surface area contributed by atoms with Crippen molar-refractivity contribution in [3.05, 3.63) is 63.6 Å². The van der Waals surface area contributed by atoms with E-state index in [2.05, 4.69) is 21.2 Å². The van der Waals surface area contributed by atoms with Crippen LogP contribution in [0, 0.1) is 23.7 Å². The molecule has 0 unspecified atom stereocenters. The number of nitrogens with one attached hydrogen (secondary N) is 1. The number of carbonyl (C=O) groups excluding carboxylic acids is 3. The minimum absolute atomic E-state index is 0.00385. The summed E-state index contributed by atoms with van der Waals surface area (Å²) in [6, 6.07) is 14.2. The molecule has 2 aliphatic carbocycles. The van der Waals surface area contributed by atoms with Crippen LogP contribution in [0.15, 0.2) is 53.0 Å². The first kappa shape index (κ1) is 21.1. The lowest BCUT2D eigenvalue weighted by Crippen LogP contribution is -2.37. The summed E-state index contributed by atoms with van der Waals surface area (Å²) in [6.07, 6.45) is 2.74. The predicted molar refractivity (Wildman–Crippen MR) is 117 cm³/mol. The molecule has 2 aromatic rings. The van der Waals surface area contributed by atoms with Crippen LogP contribution in [0.2, 0.25) is 5.02 Å². The Labute approximate surface area is 188 Å². The molecule has 4 rings (SSSR count). The van der Waals surface area contributed by atoms with Crippen LogP contribution in [-0.2, 0) is 14.3 Å². The number of carbonyl (C=O) groups is 3. The molecule has 2 saturated carbocycles. The van der Waals surface area contributed by atoms with Gasteiger partial charge in [0, 0.05) is 16.0 Å². The standard InChI is InChI=1S/C23H21BrClNO4/c24-16-8-9-18(17(25)11-16)26-19(27)12-30-23(29)21-15-7-6-14(10-15)20(21)22(28)13-4-2-1-3-5-13/h1-5,8-9,11,14-15,20-21H,6-7,10,12H2,(H,26,27)/t14-,15-,20-,21-/m0/s1. The highest BCUT2D eigenvalue weighted by Gasteiger charge is 2.54. The fraction of sp³-hybridized carbons (Fsp3) is 0.348. The zero-order chi connectivity index (χ0) is 21.3. The highest BCUT2D eigenvalue weighted by atomic mass is 79.9. The summed E-state index contributed by atoms with van der Waals surface area (Å²) >= 11 is 9.41. The van der Waals surface area contributed by atoms with E-state index in [0.29, 0.717) is 16.3 Å². The van der Waals surface area contributed by atoms with E-state index in [1.807, 2.05) is 18.2 Å². The molecule has 0 aromatic heterocycles. The largest absolute Gasteiger partial charge is 0.455 e. The molecule has 1 N–H and O–H groups in total. The maximum absolute atomic E-state index is 13.1. The molecule has 0 radical (unpaired) electrons. The van der Waals surface area contributed by atoms with Crippen LogP contribution in [0.5, 0.6) is 0 Å². The van der Waals surface area contributed by atoms with E-state index in [0.717, 1.165) is 23.7 Å². The van der Waals surface area contributed by atoms with Crippen molar-refractivity contribution in [2.24, 2.45) is 23.7 Å². The fourth-order valence-corrected chi connectivity index (χ4v) is 5.53. The van der Waals surface area contributed by atoms with E-state index in [9.17, 15) is 14.4 Å². The van der Waals surface area contributed by atoms with Gasteiger partial charge in [0.25, 0.3) is 5.91 Å². The number of fused-ring (bicyclic) bond motifs is 2. The molecule has 2 aliphatic rings. The Balaban J connectivity index is 1.40. The number of ketones is 1. The van der Waals surface area contributed by atoms with Gasteiger partial charge in [0.15, 0.2) is 12.4 Å². The minimum atomic E-state index is -0.486. The molecule has 0 heterocycles. The Morgan fingerprint density at radius 2 is 1.73 bits per heavy atom. The van der Waals surface area contributed by atoms with E-state index in [-0.39, 0.29) is 23.5 Å². The van der Waals surface area contributed by atoms with Gasteiger partial charge in [-0.15, -0.1) is 0 Å². The second-order valence-corrected chi connectivity index (χ2v) is 9.22. The van der Waals surface area contributed by atoms with Crippen molar-refractivity contribution >= 4 is 50.9 Å². The number of rotatable bonds is 6. The number of halogens is 2. The number of esters is 1. The topological polar surface area (TPSA) is 72.5 Å². The lowest BCUT2D eigenvalue weighted by Gasteiger charge is -2.28. The van der Waals surface area contributed by atoms with Gasteiger partial charge >= 0.3 is 5.97 Å². The second-order valence-electron chi connectivity index (χ2n) is 7.90. The first-order valence-corrected chi connectivity index (χ1v) is 11.1. The molecule has 0 spiro atoms. The Morgan fingerprint density at radius 3 is 2.43 bits per heavy atom. The monoisotopic (exact) mass is 489 g/mol. The molecule has 0 aliphatic heterocycles. The van der Waals surface area contributed by atoms with Crippen LogP contribution in [0.25, 0.3) is 0 Å². The number of benzene rings is 2. The van der Waals surface area contributed by atoms with Gasteiger partial charge in [-0.1, -0.05) is 57.9 Å². The van der Waals surface area contributed by atoms with E-state index in [4.69, 9.17) is 16.3 Å². The van der Waals surface area contributed by atoms with E-state index in [1.165, 1.54) is 0 Å². The summed E-state index contributed by atoms with van der Waals surface area (Å²) in [5, 5.41) is 3.02. The van der Waals surface area contributed by atoms with Crippen LogP contribution in [-0.4, -0.2) is 24.3 Å². The molecule has 30 heavy (non-hydrogen) atoms. The molecule has 156 valence electrons. The van der Waals surface area contributed by atoms with Gasteiger partial charge in [0.1, 0.15) is 0 Å². The normalized spacial score (nSPS) is 24.5. The number of hydrogen-bond acceptors (Lipinski definition) is 4. The Bertz CT molecular complexity index is 980. The molecule has 4 atom stereocenters. The van der Waals surface area contributed by atoms with Gasteiger partial charge in [-0.3, -0.25) is 14.4 Å². The molecule has 2 aromatic carbocycles. The third-order valence-electron chi connectivity index (χ3n) is 6.10. The maximum Gasteiger partial charge on any atom is 0.310 e. The third kappa shape index (κ3) is 4.30. The van der Waals surface area contributed by atoms with Crippen molar-refractivity contribution < 1.29 is 19.1 Å². The summed E-state index contributed by atoms with van der Waals surface area (Å²) in [4.78, 5) is 38.2. The van der Waals surface area contributed by atoms with Crippen LogP contribution in [0.3, 0.4) is 0 Å². The van der Waals surface area contributed by atoms with Crippen molar-refractivity contribution in [1.29, 1.82) is 0 Å². The Kier molecular flexibility index (Phi) is 6.25. The zero-order valence-corrected chi connectivity index (χ0v) is 18.5. The van der Waals surface area contributed by atoms with Crippen molar-refractivity contribution in [2.75, 3.05) is 11.9 Å². The van der Waals surface area contributed by atoms with Gasteiger partial charge in [0.05, 0.1) is 16.6 Å². The lowest BCUT2D eigenvalue weighted by atomic mass is 9.75. The average molecular weight is 491 g/mol. The van der Waals surface area contributed by atoms with Gasteiger partial charge in [-0.2, -0.15) is 0 Å². The highest BCUT2D eigenvalue weighted by molar-refractivity contribution is 9.10. The smallest absolute Gasteiger partial charge is 0.310 e. The molecule has 2 fully saturated rings. The van der Waals surface area contributed by atoms with Crippen LogP contribution < -0.4 is 5.32 Å². The van der Waals surface area contributed by atoms with Crippen molar-refractivity contribution in [3.63, 3.8) is 0 Å². The predicted octanol–water partition coefficient (Wildman–Crippen LogP) is 5.13. The molecular weight excluding hydrogens is 470 g/mol. The number of anilines is 1. The first-order valence-electron chi connectivity index (χ1n) is 9.95. The third-order valence-corrected chi connectivity index (χ3v) is 6.91. The molecular formula is C23H21BrClNO4. The number of ether oxygens (including phenoxy) is 1. The van der Waals surface area contributed by atoms with Crippen molar-refractivity contribution in [2.45, 2.75) is 19.3 Å². The summed E-state index contributed by atoms with van der Waals surface area (Å²) < 4.78 is 6.13. The molecule has 2 bridgehead atoms. The summed E-state index contributed by atoms with van der Waals surface area (Å²) in [7, 11) is 0. The summed E-state index contributed by atoms with van der Waals surface area (Å²) in [6.45, 7) is -0.411. The second kappa shape index (κ2) is 8.90. The van der Waals surface area contributed by atoms with E-state index in [1.54, 1.807) is 30.3 Å². The number of hydrogen-bond donors (Lipinski definition) is 1. The molecule has 5 nitrogen and oxygen atoms in total. The van der Waals surface area contributed by atoms with Crippen molar-refractivity contribution in [1.82, 2.24) is 0 Å². The van der Waals surface area contributed by atoms with Gasteiger partial charge in [-0.05, 0) is 49.3 Å². The van der Waals surface area contributed by atoms with Crippen LogP contribution in [0.4, 0.5) is 5.69 Å². The van der Waals surface area contributed by atoms with Crippen LogP contribution >= 0.6 is 27.5 Å². The van der Waals surface area contributed by atoms with Gasteiger partial charge < -0.3 is 10.1 Å². The maximum atomic E-state index is 13.1. The number of amides is 1. The zero-order valence-electron chi connectivity index (χ0n) is 16.1. The lowest BCUT2D eigenvalue weighted by molar-refractivity contribution is -0.154. The highest BCUT2D eigenvalue weighted by Crippen LogP contribution is 2.53. The van der Waals surface area contributed by atoms with Crippen molar-refractivity contribution in [3.8, 4) is 0 Å². The van der Waals surface area contributed by atoms with Crippen LogP contribution in [0.1, 0.15) is 29.6 Å². The Hall–Kier alpha value is -2.18. The first-order chi connectivity index (χ1) is 14.4. The minimum Gasteiger partial charge on any atom is -0.455 e. The SMILES string of the molecule is O=C(COC(=O)[C@H]1[C@H]2CC[C@@H](C2)[C@@H]1C(=O)c1ccccc1)Nc1ccc(Br)cc1Cl. The molecule has 1 amide bonds. The Morgan fingerprint density at radius 1 is 1.03 bits per heavy atom. The van der Waals surface area contributed by atoms with Gasteiger partial charge in [0.2, 0.25) is 0 Å². The average Bonchev–Trinajstić information content (AvgIpc) is 3.36. The summed E-state index contributed by atoms with van der Waals surface area (Å²) in [5.41, 5.74) is 1.06. The molecule has 0 saturated heterocycles. The van der Waals surface area contributed by atoms with E-state index < -0.39 is 24.4 Å². The van der Waals surface area contributed by atoms with E-state index >= 15 is 0 Å². The quantitative estimate of drug-likeness (QED) is 0.450. The number of Topliss-reactive ketones (excluding diaryl/α,β-unsaturated/α-hetero) is 1.